The van der Waals surface area contributed by atoms with Gasteiger partial charge in [0, 0.05) is 29.1 Å². The SMILES string of the molecule is O=C1c2ccccc2NC(c2ccc(-c3ccc([N+](=O)[O-])cc3)o2)N1c1ccccc1. The lowest BCUT2D eigenvalue weighted by atomic mass is 10.1. The molecular formula is C24H17N3O4. The Morgan fingerprint density at radius 3 is 2.32 bits per heavy atom. The second-order valence-electron chi connectivity index (χ2n) is 7.11. The van der Waals surface area contributed by atoms with E-state index in [4.69, 9.17) is 4.42 Å². The number of benzene rings is 3. The summed E-state index contributed by atoms with van der Waals surface area (Å²) in [6, 6.07) is 26.5. The monoisotopic (exact) mass is 411 g/mol. The quantitative estimate of drug-likeness (QED) is 0.347. The van der Waals surface area contributed by atoms with Crippen LogP contribution in [-0.2, 0) is 0 Å². The number of hydrogen-bond acceptors (Lipinski definition) is 5. The number of furan rings is 1. The van der Waals surface area contributed by atoms with E-state index < -0.39 is 11.1 Å². The predicted molar refractivity (Wildman–Crippen MR) is 117 cm³/mol. The van der Waals surface area contributed by atoms with E-state index in [9.17, 15) is 14.9 Å². The number of nitrogens with zero attached hydrogens (tertiary/aromatic N) is 2. The van der Waals surface area contributed by atoms with Gasteiger partial charge in [-0.1, -0.05) is 30.3 Å². The Labute approximate surface area is 177 Å². The van der Waals surface area contributed by atoms with Crippen molar-refractivity contribution in [3.05, 3.63) is 112 Å². The molecule has 152 valence electrons. The van der Waals surface area contributed by atoms with Crippen LogP contribution in [0.2, 0.25) is 0 Å². The minimum absolute atomic E-state index is 0.0157. The molecular weight excluding hydrogens is 394 g/mol. The zero-order valence-electron chi connectivity index (χ0n) is 16.3. The van der Waals surface area contributed by atoms with Crippen LogP contribution in [0.3, 0.4) is 0 Å². The third kappa shape index (κ3) is 3.32. The molecule has 0 radical (unpaired) electrons. The lowest BCUT2D eigenvalue weighted by Gasteiger charge is -2.36. The van der Waals surface area contributed by atoms with Crippen molar-refractivity contribution >= 4 is 23.0 Å². The van der Waals surface area contributed by atoms with Crippen molar-refractivity contribution in [2.75, 3.05) is 10.2 Å². The number of fused-ring (bicyclic) bond motifs is 1. The minimum atomic E-state index is -0.545. The fourth-order valence-corrected chi connectivity index (χ4v) is 3.71. The van der Waals surface area contributed by atoms with Crippen molar-refractivity contribution in [2.45, 2.75) is 6.17 Å². The predicted octanol–water partition coefficient (Wildman–Crippen LogP) is 5.63. The third-order valence-electron chi connectivity index (χ3n) is 5.22. The highest BCUT2D eigenvalue weighted by Crippen LogP contribution is 2.38. The van der Waals surface area contributed by atoms with Crippen molar-refractivity contribution in [1.82, 2.24) is 0 Å². The molecule has 1 atom stereocenters. The zero-order valence-corrected chi connectivity index (χ0v) is 16.3. The molecule has 4 aromatic rings. The number of hydrogen-bond donors (Lipinski definition) is 1. The first kappa shape index (κ1) is 18.6. The topological polar surface area (TPSA) is 88.6 Å². The van der Waals surface area contributed by atoms with E-state index in [2.05, 4.69) is 5.32 Å². The van der Waals surface area contributed by atoms with E-state index in [1.54, 1.807) is 29.2 Å². The first-order valence-electron chi connectivity index (χ1n) is 9.70. The highest BCUT2D eigenvalue weighted by Gasteiger charge is 2.35. The summed E-state index contributed by atoms with van der Waals surface area (Å²) in [5.74, 6) is 0.991. The van der Waals surface area contributed by atoms with Crippen LogP contribution in [0.25, 0.3) is 11.3 Å². The maximum atomic E-state index is 13.4. The average Bonchev–Trinajstić information content (AvgIpc) is 3.30. The van der Waals surface area contributed by atoms with E-state index in [0.717, 1.165) is 11.4 Å². The largest absolute Gasteiger partial charge is 0.457 e. The van der Waals surface area contributed by atoms with Gasteiger partial charge in [-0.3, -0.25) is 19.8 Å². The van der Waals surface area contributed by atoms with Gasteiger partial charge in [0.15, 0.2) is 6.17 Å². The molecule has 7 nitrogen and oxygen atoms in total. The number of non-ortho nitro benzene ring substituents is 1. The molecule has 0 bridgehead atoms. The van der Waals surface area contributed by atoms with Crippen LogP contribution in [0, 0.1) is 10.1 Å². The van der Waals surface area contributed by atoms with Gasteiger partial charge in [0.2, 0.25) is 0 Å². The summed E-state index contributed by atoms with van der Waals surface area (Å²) in [6.45, 7) is 0. The number of nitro benzene ring substituents is 1. The lowest BCUT2D eigenvalue weighted by molar-refractivity contribution is -0.384. The van der Waals surface area contributed by atoms with Gasteiger partial charge in [-0.15, -0.1) is 0 Å². The fourth-order valence-electron chi connectivity index (χ4n) is 3.71. The summed E-state index contributed by atoms with van der Waals surface area (Å²) in [6.07, 6.45) is -0.545. The summed E-state index contributed by atoms with van der Waals surface area (Å²) < 4.78 is 6.10. The highest BCUT2D eigenvalue weighted by molar-refractivity contribution is 6.12. The lowest BCUT2D eigenvalue weighted by Crippen LogP contribution is -2.43. The zero-order chi connectivity index (χ0) is 21.4. The number of para-hydroxylation sites is 2. The van der Waals surface area contributed by atoms with Crippen LogP contribution in [-0.4, -0.2) is 10.8 Å². The van der Waals surface area contributed by atoms with Gasteiger partial charge in [-0.05, 0) is 48.5 Å². The average molecular weight is 411 g/mol. The fraction of sp³-hybridized carbons (Fsp3) is 0.0417. The molecule has 0 fully saturated rings. The molecule has 1 aromatic heterocycles. The van der Waals surface area contributed by atoms with Crippen LogP contribution in [0.1, 0.15) is 22.3 Å². The smallest absolute Gasteiger partial charge is 0.269 e. The van der Waals surface area contributed by atoms with Gasteiger partial charge in [0.25, 0.3) is 11.6 Å². The molecule has 0 aliphatic carbocycles. The Kier molecular flexibility index (Phi) is 4.48. The van der Waals surface area contributed by atoms with Gasteiger partial charge in [-0.25, -0.2) is 0 Å². The summed E-state index contributed by atoms with van der Waals surface area (Å²) in [5, 5.41) is 14.3. The molecule has 1 N–H and O–H groups in total. The molecule has 1 amide bonds. The summed E-state index contributed by atoms with van der Waals surface area (Å²) >= 11 is 0. The van der Waals surface area contributed by atoms with Crippen LogP contribution < -0.4 is 10.2 Å². The molecule has 1 aliphatic heterocycles. The highest BCUT2D eigenvalue weighted by atomic mass is 16.6. The summed E-state index contributed by atoms with van der Waals surface area (Å²) in [5.41, 5.74) is 2.79. The third-order valence-corrected chi connectivity index (χ3v) is 5.22. The normalized spacial score (nSPS) is 15.3. The number of amides is 1. The van der Waals surface area contributed by atoms with E-state index in [1.165, 1.54) is 12.1 Å². The Bertz CT molecular complexity index is 1270. The molecule has 2 heterocycles. The van der Waals surface area contributed by atoms with Crippen molar-refractivity contribution in [3.63, 3.8) is 0 Å². The summed E-state index contributed by atoms with van der Waals surface area (Å²) in [4.78, 5) is 25.5. The number of nitrogens with one attached hydrogen (secondary N) is 1. The van der Waals surface area contributed by atoms with Gasteiger partial charge >= 0.3 is 0 Å². The Balaban J connectivity index is 1.55. The standard InChI is InChI=1S/C24H17N3O4/c28-24-19-8-4-5-9-20(19)25-23(26(24)17-6-2-1-3-7-17)22-15-14-21(31-22)16-10-12-18(13-11-16)27(29)30/h1-15,23,25H. The number of carbonyl (C=O) groups excluding carboxylic acids is 1. The second-order valence-corrected chi connectivity index (χ2v) is 7.11. The maximum Gasteiger partial charge on any atom is 0.269 e. The number of anilines is 2. The van der Waals surface area contributed by atoms with Crippen LogP contribution in [0.5, 0.6) is 0 Å². The van der Waals surface area contributed by atoms with Gasteiger partial charge in [0.05, 0.1) is 10.5 Å². The van der Waals surface area contributed by atoms with Crippen molar-refractivity contribution in [3.8, 4) is 11.3 Å². The Morgan fingerprint density at radius 2 is 1.58 bits per heavy atom. The Hall–Kier alpha value is -4.39. The summed E-state index contributed by atoms with van der Waals surface area (Å²) in [7, 11) is 0. The van der Waals surface area contributed by atoms with Crippen LogP contribution in [0.4, 0.5) is 17.1 Å². The van der Waals surface area contributed by atoms with Crippen molar-refractivity contribution in [2.24, 2.45) is 0 Å². The first-order chi connectivity index (χ1) is 15.1. The molecule has 1 aliphatic rings. The van der Waals surface area contributed by atoms with Crippen LogP contribution >= 0.6 is 0 Å². The van der Waals surface area contributed by atoms with Crippen molar-refractivity contribution in [1.29, 1.82) is 0 Å². The molecule has 0 saturated heterocycles. The van der Waals surface area contributed by atoms with Crippen molar-refractivity contribution < 1.29 is 14.1 Å². The second kappa shape index (κ2) is 7.46. The van der Waals surface area contributed by atoms with E-state index in [-0.39, 0.29) is 11.6 Å². The van der Waals surface area contributed by atoms with Gasteiger partial charge in [-0.2, -0.15) is 0 Å². The minimum Gasteiger partial charge on any atom is -0.457 e. The number of carbonyl (C=O) groups is 1. The first-order valence-corrected chi connectivity index (χ1v) is 9.70. The molecule has 5 rings (SSSR count). The molecule has 3 aromatic carbocycles. The molecule has 1 unspecified atom stereocenters. The molecule has 31 heavy (non-hydrogen) atoms. The molecule has 7 heteroatoms. The maximum absolute atomic E-state index is 13.4. The van der Waals surface area contributed by atoms with Crippen LogP contribution in [0.15, 0.2) is 95.4 Å². The number of nitro groups is 1. The number of rotatable bonds is 4. The Morgan fingerprint density at radius 1 is 0.871 bits per heavy atom. The van der Waals surface area contributed by atoms with E-state index >= 15 is 0 Å². The van der Waals surface area contributed by atoms with E-state index in [1.807, 2.05) is 54.6 Å². The van der Waals surface area contributed by atoms with E-state index in [0.29, 0.717) is 22.6 Å². The van der Waals surface area contributed by atoms with Gasteiger partial charge in [0.1, 0.15) is 11.5 Å². The van der Waals surface area contributed by atoms with Gasteiger partial charge < -0.3 is 9.73 Å². The molecule has 0 saturated carbocycles. The molecule has 0 spiro atoms.